The number of methoxy groups -OCH3 is 1. The third-order valence-corrected chi connectivity index (χ3v) is 2.87. The number of nitro groups is 1. The summed E-state index contributed by atoms with van der Waals surface area (Å²) in [5.41, 5.74) is -0.0893. The van der Waals surface area contributed by atoms with Crippen molar-refractivity contribution in [1.29, 1.82) is 0 Å². The third-order valence-electron chi connectivity index (χ3n) is 2.87. The monoisotopic (exact) mass is 294 g/mol. The lowest BCUT2D eigenvalue weighted by atomic mass is 10.2. The van der Waals surface area contributed by atoms with E-state index in [0.29, 0.717) is 5.56 Å². The smallest absolute Gasteiger partial charge is 0.295 e. The molecule has 1 N–H and O–H groups in total. The number of rotatable bonds is 5. The molecule has 2 aromatic rings. The molecule has 2 rings (SSSR count). The lowest BCUT2D eigenvalue weighted by Crippen LogP contribution is -2.05. The highest BCUT2D eigenvalue weighted by Gasteiger charge is 2.17. The minimum Gasteiger partial charge on any atom is -0.494 e. The SMILES string of the molecule is COc1ccc(CNc2c(F)cccc2[N+](=O)[O-])cc1F. The highest BCUT2D eigenvalue weighted by molar-refractivity contribution is 5.62. The molecular formula is C14H12F2N2O3. The fraction of sp³-hybridized carbons (Fsp3) is 0.143. The number of ether oxygens (including phenoxy) is 1. The predicted molar refractivity (Wildman–Crippen MR) is 73.3 cm³/mol. The molecule has 0 aliphatic heterocycles. The van der Waals surface area contributed by atoms with E-state index in [0.717, 1.165) is 6.07 Å². The van der Waals surface area contributed by atoms with Gasteiger partial charge in [0, 0.05) is 12.6 Å². The summed E-state index contributed by atoms with van der Waals surface area (Å²) in [7, 11) is 1.35. The van der Waals surface area contributed by atoms with Gasteiger partial charge in [0.05, 0.1) is 12.0 Å². The van der Waals surface area contributed by atoms with Crippen LogP contribution in [0.5, 0.6) is 5.75 Å². The van der Waals surface area contributed by atoms with Crippen molar-refractivity contribution < 1.29 is 18.4 Å². The van der Waals surface area contributed by atoms with Gasteiger partial charge in [-0.1, -0.05) is 12.1 Å². The van der Waals surface area contributed by atoms with Crippen molar-refractivity contribution >= 4 is 11.4 Å². The maximum Gasteiger partial charge on any atom is 0.295 e. The molecule has 0 spiro atoms. The van der Waals surface area contributed by atoms with Crippen molar-refractivity contribution in [2.24, 2.45) is 0 Å². The molecule has 0 atom stereocenters. The Bertz CT molecular complexity index is 677. The predicted octanol–water partition coefficient (Wildman–Crippen LogP) is 3.49. The van der Waals surface area contributed by atoms with Crippen molar-refractivity contribution in [3.05, 3.63) is 63.7 Å². The summed E-state index contributed by atoms with van der Waals surface area (Å²) in [4.78, 5) is 10.2. The minimum absolute atomic E-state index is 0.0443. The van der Waals surface area contributed by atoms with Gasteiger partial charge in [0.15, 0.2) is 17.4 Å². The van der Waals surface area contributed by atoms with E-state index in [1.165, 1.54) is 31.4 Å². The van der Waals surface area contributed by atoms with Gasteiger partial charge in [-0.25, -0.2) is 8.78 Å². The molecule has 0 radical (unpaired) electrons. The molecule has 0 saturated carbocycles. The van der Waals surface area contributed by atoms with E-state index in [4.69, 9.17) is 4.74 Å². The molecule has 0 amide bonds. The van der Waals surface area contributed by atoms with Gasteiger partial charge in [-0.05, 0) is 23.8 Å². The first-order chi connectivity index (χ1) is 10.0. The first-order valence-corrected chi connectivity index (χ1v) is 6.02. The number of nitrogens with zero attached hydrogens (tertiary/aromatic N) is 1. The highest BCUT2D eigenvalue weighted by atomic mass is 19.1. The van der Waals surface area contributed by atoms with Crippen molar-refractivity contribution in [3.8, 4) is 5.75 Å². The van der Waals surface area contributed by atoms with E-state index in [1.807, 2.05) is 0 Å². The topological polar surface area (TPSA) is 64.4 Å². The Morgan fingerprint density at radius 2 is 2.00 bits per heavy atom. The van der Waals surface area contributed by atoms with Crippen LogP contribution in [0.15, 0.2) is 36.4 Å². The molecule has 0 aliphatic carbocycles. The van der Waals surface area contributed by atoms with E-state index < -0.39 is 16.6 Å². The fourth-order valence-corrected chi connectivity index (χ4v) is 1.85. The molecule has 0 saturated heterocycles. The zero-order valence-electron chi connectivity index (χ0n) is 11.1. The second-order valence-electron chi connectivity index (χ2n) is 4.21. The number of hydrogen-bond acceptors (Lipinski definition) is 4. The molecule has 0 bridgehead atoms. The Labute approximate surface area is 119 Å². The summed E-state index contributed by atoms with van der Waals surface area (Å²) in [6.07, 6.45) is 0. The van der Waals surface area contributed by atoms with Crippen LogP contribution in [-0.4, -0.2) is 12.0 Å². The number of benzene rings is 2. The summed E-state index contributed by atoms with van der Waals surface area (Å²) in [6.45, 7) is 0.0443. The molecule has 0 aromatic heterocycles. The van der Waals surface area contributed by atoms with Crippen LogP contribution in [0.25, 0.3) is 0 Å². The van der Waals surface area contributed by atoms with Crippen LogP contribution in [0.1, 0.15) is 5.56 Å². The minimum atomic E-state index is -0.738. The summed E-state index contributed by atoms with van der Waals surface area (Å²) in [5.74, 6) is -1.20. The van der Waals surface area contributed by atoms with Gasteiger partial charge in [-0.15, -0.1) is 0 Å². The number of nitro benzene ring substituents is 1. The average molecular weight is 294 g/mol. The van der Waals surface area contributed by atoms with Crippen molar-refractivity contribution in [1.82, 2.24) is 0 Å². The highest BCUT2D eigenvalue weighted by Crippen LogP contribution is 2.27. The van der Waals surface area contributed by atoms with Crippen LogP contribution < -0.4 is 10.1 Å². The Kier molecular flexibility index (Phi) is 4.32. The van der Waals surface area contributed by atoms with E-state index in [-0.39, 0.29) is 23.7 Å². The molecule has 5 nitrogen and oxygen atoms in total. The number of hydrogen-bond donors (Lipinski definition) is 1. The fourth-order valence-electron chi connectivity index (χ4n) is 1.85. The van der Waals surface area contributed by atoms with Gasteiger partial charge < -0.3 is 10.1 Å². The second kappa shape index (κ2) is 6.17. The Morgan fingerprint density at radius 1 is 1.24 bits per heavy atom. The van der Waals surface area contributed by atoms with Gasteiger partial charge >= 0.3 is 0 Å². The molecule has 21 heavy (non-hydrogen) atoms. The Hall–Kier alpha value is -2.70. The Morgan fingerprint density at radius 3 is 2.62 bits per heavy atom. The van der Waals surface area contributed by atoms with Gasteiger partial charge in [0.2, 0.25) is 0 Å². The number of para-hydroxylation sites is 1. The molecule has 0 fully saturated rings. The summed E-state index contributed by atoms with van der Waals surface area (Å²) in [5, 5.41) is 13.5. The van der Waals surface area contributed by atoms with Crippen LogP contribution in [0.3, 0.4) is 0 Å². The largest absolute Gasteiger partial charge is 0.494 e. The van der Waals surface area contributed by atoms with Crippen molar-refractivity contribution in [2.45, 2.75) is 6.54 Å². The molecule has 0 unspecified atom stereocenters. The summed E-state index contributed by atoms with van der Waals surface area (Å²) < 4.78 is 32.0. The van der Waals surface area contributed by atoms with Crippen LogP contribution >= 0.6 is 0 Å². The second-order valence-corrected chi connectivity index (χ2v) is 4.21. The zero-order valence-corrected chi connectivity index (χ0v) is 11.1. The average Bonchev–Trinajstić information content (AvgIpc) is 2.45. The van der Waals surface area contributed by atoms with Crippen molar-refractivity contribution in [2.75, 3.05) is 12.4 Å². The van der Waals surface area contributed by atoms with Gasteiger partial charge in [0.25, 0.3) is 5.69 Å². The zero-order chi connectivity index (χ0) is 15.4. The van der Waals surface area contributed by atoms with Crippen molar-refractivity contribution in [3.63, 3.8) is 0 Å². The standard InChI is InChI=1S/C14H12F2N2O3/c1-21-13-6-5-9(7-11(13)16)8-17-14-10(15)3-2-4-12(14)18(19)20/h2-7,17H,8H2,1H3. The normalized spacial score (nSPS) is 10.2. The quantitative estimate of drug-likeness (QED) is 0.677. The molecular weight excluding hydrogens is 282 g/mol. The van der Waals surface area contributed by atoms with Crippen LogP contribution in [-0.2, 0) is 6.54 Å². The van der Waals surface area contributed by atoms with Crippen LogP contribution in [0.2, 0.25) is 0 Å². The number of anilines is 1. The molecule has 2 aromatic carbocycles. The van der Waals surface area contributed by atoms with E-state index in [9.17, 15) is 18.9 Å². The third kappa shape index (κ3) is 3.25. The number of nitrogens with one attached hydrogen (secondary N) is 1. The molecule has 0 heterocycles. The molecule has 7 heteroatoms. The maximum absolute atomic E-state index is 13.7. The van der Waals surface area contributed by atoms with Gasteiger partial charge in [0.1, 0.15) is 5.69 Å². The summed E-state index contributed by atoms with van der Waals surface area (Å²) in [6, 6.07) is 7.80. The lowest BCUT2D eigenvalue weighted by molar-refractivity contribution is -0.384. The van der Waals surface area contributed by atoms with E-state index in [1.54, 1.807) is 6.07 Å². The maximum atomic E-state index is 13.7. The van der Waals surface area contributed by atoms with Gasteiger partial charge in [-0.3, -0.25) is 10.1 Å². The first-order valence-electron chi connectivity index (χ1n) is 6.02. The van der Waals surface area contributed by atoms with E-state index >= 15 is 0 Å². The van der Waals surface area contributed by atoms with Gasteiger partial charge in [-0.2, -0.15) is 0 Å². The molecule has 110 valence electrons. The number of halogens is 2. The lowest BCUT2D eigenvalue weighted by Gasteiger charge is -2.09. The van der Waals surface area contributed by atoms with Crippen LogP contribution in [0, 0.1) is 21.7 Å². The Balaban J connectivity index is 2.20. The molecule has 0 aliphatic rings. The summed E-state index contributed by atoms with van der Waals surface area (Å²) >= 11 is 0. The first kappa shape index (κ1) is 14.7. The van der Waals surface area contributed by atoms with Crippen LogP contribution in [0.4, 0.5) is 20.2 Å². The van der Waals surface area contributed by atoms with E-state index in [2.05, 4.69) is 5.32 Å².